The number of hydrogen-bond acceptors (Lipinski definition) is 3. The summed E-state index contributed by atoms with van der Waals surface area (Å²) in [5, 5.41) is 2.85. The molecular formula is C26H27FN2O3. The summed E-state index contributed by atoms with van der Waals surface area (Å²) in [4.78, 5) is 28.0. The summed E-state index contributed by atoms with van der Waals surface area (Å²) in [7, 11) is 1.57. The second-order valence-electron chi connectivity index (χ2n) is 7.98. The third kappa shape index (κ3) is 5.52. The molecular weight excluding hydrogens is 407 g/mol. The lowest BCUT2D eigenvalue weighted by Crippen LogP contribution is -2.55. The zero-order valence-corrected chi connectivity index (χ0v) is 18.5. The molecule has 166 valence electrons. The smallest absolute Gasteiger partial charge is 0.249 e. The number of halogens is 1. The fraction of sp³-hybridized carbons (Fsp3) is 0.231. The van der Waals surface area contributed by atoms with Crippen LogP contribution in [-0.4, -0.2) is 29.4 Å². The van der Waals surface area contributed by atoms with E-state index in [0.29, 0.717) is 17.0 Å². The fourth-order valence-electron chi connectivity index (χ4n) is 3.34. The van der Waals surface area contributed by atoms with Crippen molar-refractivity contribution in [3.63, 3.8) is 0 Å². The Morgan fingerprint density at radius 1 is 0.938 bits per heavy atom. The number of benzene rings is 3. The predicted molar refractivity (Wildman–Crippen MR) is 123 cm³/mol. The van der Waals surface area contributed by atoms with Crippen LogP contribution in [0.4, 0.5) is 10.1 Å². The maximum absolute atomic E-state index is 14.4. The molecule has 0 fully saturated rings. The van der Waals surface area contributed by atoms with E-state index >= 15 is 0 Å². The topological polar surface area (TPSA) is 58.6 Å². The number of rotatable bonds is 8. The van der Waals surface area contributed by atoms with E-state index in [4.69, 9.17) is 4.74 Å². The molecule has 6 heteroatoms. The fourth-order valence-corrected chi connectivity index (χ4v) is 3.34. The number of hydrogen-bond donors (Lipinski definition) is 1. The third-order valence-corrected chi connectivity index (χ3v) is 5.36. The van der Waals surface area contributed by atoms with Crippen molar-refractivity contribution >= 4 is 17.5 Å². The molecule has 0 spiro atoms. The van der Waals surface area contributed by atoms with Gasteiger partial charge in [0.15, 0.2) is 0 Å². The molecule has 0 saturated heterocycles. The Morgan fingerprint density at radius 2 is 1.56 bits per heavy atom. The molecule has 0 bridgehead atoms. The van der Waals surface area contributed by atoms with E-state index in [1.807, 2.05) is 30.3 Å². The van der Waals surface area contributed by atoms with E-state index in [9.17, 15) is 14.0 Å². The van der Waals surface area contributed by atoms with E-state index in [1.54, 1.807) is 63.4 Å². The minimum Gasteiger partial charge on any atom is -0.497 e. The van der Waals surface area contributed by atoms with Gasteiger partial charge < -0.3 is 15.0 Å². The molecule has 0 heterocycles. The number of carbonyl (C=O) groups is 2. The first-order valence-electron chi connectivity index (χ1n) is 10.3. The van der Waals surface area contributed by atoms with E-state index in [-0.39, 0.29) is 24.8 Å². The summed E-state index contributed by atoms with van der Waals surface area (Å²) < 4.78 is 19.5. The molecule has 0 aliphatic heterocycles. The van der Waals surface area contributed by atoms with Crippen molar-refractivity contribution in [1.82, 2.24) is 4.90 Å². The number of nitrogens with zero attached hydrogens (tertiary/aromatic N) is 1. The van der Waals surface area contributed by atoms with Gasteiger partial charge in [0, 0.05) is 17.8 Å². The molecule has 32 heavy (non-hydrogen) atoms. The van der Waals surface area contributed by atoms with Crippen LogP contribution in [-0.2, 0) is 22.6 Å². The van der Waals surface area contributed by atoms with Gasteiger partial charge in [-0.25, -0.2) is 4.39 Å². The van der Waals surface area contributed by atoms with Crippen LogP contribution in [0.3, 0.4) is 0 Å². The van der Waals surface area contributed by atoms with Crippen molar-refractivity contribution in [3.8, 4) is 5.75 Å². The Bertz CT molecular complexity index is 1070. The number of ether oxygens (including phenoxy) is 1. The van der Waals surface area contributed by atoms with Gasteiger partial charge in [-0.1, -0.05) is 48.5 Å². The Morgan fingerprint density at radius 3 is 2.19 bits per heavy atom. The molecule has 0 aliphatic carbocycles. The summed E-state index contributed by atoms with van der Waals surface area (Å²) in [6.45, 7) is 3.30. The van der Waals surface area contributed by atoms with Gasteiger partial charge in [-0.05, 0) is 49.7 Å². The molecule has 0 aliphatic rings. The zero-order chi connectivity index (χ0) is 23.1. The van der Waals surface area contributed by atoms with Gasteiger partial charge in [-0.3, -0.25) is 9.59 Å². The highest BCUT2D eigenvalue weighted by atomic mass is 19.1. The van der Waals surface area contributed by atoms with Crippen molar-refractivity contribution in [1.29, 1.82) is 0 Å². The lowest BCUT2D eigenvalue weighted by Gasteiger charge is -2.37. The standard InChI is InChI=1S/C26H27FN2O3/c1-26(2,25(31)28-21-13-15-22(32-3)16-14-21)29(18-20-11-7-8-12-23(20)27)24(30)17-19-9-5-4-6-10-19/h4-16H,17-18H2,1-3H3,(H,28,31). The molecule has 3 aromatic carbocycles. The number of carbonyl (C=O) groups excluding carboxylic acids is 2. The first-order valence-corrected chi connectivity index (χ1v) is 10.3. The van der Waals surface area contributed by atoms with Crippen LogP contribution in [0.5, 0.6) is 5.75 Å². The summed E-state index contributed by atoms with van der Waals surface area (Å²) in [6, 6.07) is 22.5. The Hall–Kier alpha value is -3.67. The van der Waals surface area contributed by atoms with Crippen molar-refractivity contribution in [2.75, 3.05) is 12.4 Å². The lowest BCUT2D eigenvalue weighted by atomic mass is 9.98. The SMILES string of the molecule is COc1ccc(NC(=O)C(C)(C)N(Cc2ccccc2F)C(=O)Cc2ccccc2)cc1. The van der Waals surface area contributed by atoms with Crippen LogP contribution < -0.4 is 10.1 Å². The maximum atomic E-state index is 14.4. The first kappa shape index (κ1) is 23.0. The normalized spacial score (nSPS) is 11.0. The van der Waals surface area contributed by atoms with Gasteiger partial charge in [0.05, 0.1) is 13.5 Å². The third-order valence-electron chi connectivity index (χ3n) is 5.36. The molecule has 1 N–H and O–H groups in total. The van der Waals surface area contributed by atoms with Crippen LogP contribution in [0.1, 0.15) is 25.0 Å². The highest BCUT2D eigenvalue weighted by molar-refractivity contribution is 6.00. The van der Waals surface area contributed by atoms with Gasteiger partial charge in [0.1, 0.15) is 17.1 Å². The minimum atomic E-state index is -1.24. The second kappa shape index (κ2) is 10.1. The van der Waals surface area contributed by atoms with Crippen LogP contribution in [0.25, 0.3) is 0 Å². The minimum absolute atomic E-state index is 0.0264. The number of methoxy groups -OCH3 is 1. The summed E-state index contributed by atoms with van der Waals surface area (Å²) in [5.41, 5.74) is 0.500. The maximum Gasteiger partial charge on any atom is 0.249 e. The molecule has 2 amide bonds. The summed E-state index contributed by atoms with van der Waals surface area (Å²) in [6.07, 6.45) is 0.106. The number of anilines is 1. The highest BCUT2D eigenvalue weighted by Crippen LogP contribution is 2.24. The van der Waals surface area contributed by atoms with Crippen LogP contribution in [0.15, 0.2) is 78.9 Å². The number of nitrogens with one attached hydrogen (secondary N) is 1. The zero-order valence-electron chi connectivity index (χ0n) is 18.5. The average Bonchev–Trinajstić information content (AvgIpc) is 2.79. The van der Waals surface area contributed by atoms with Crippen molar-refractivity contribution in [3.05, 3.63) is 95.8 Å². The van der Waals surface area contributed by atoms with Gasteiger partial charge in [0.25, 0.3) is 0 Å². The largest absolute Gasteiger partial charge is 0.497 e. The molecule has 3 rings (SSSR count). The Kier molecular flexibility index (Phi) is 7.25. The molecule has 0 atom stereocenters. The van der Waals surface area contributed by atoms with E-state index in [0.717, 1.165) is 5.56 Å². The van der Waals surface area contributed by atoms with Gasteiger partial charge in [-0.2, -0.15) is 0 Å². The molecule has 0 radical (unpaired) electrons. The van der Waals surface area contributed by atoms with E-state index in [1.165, 1.54) is 11.0 Å². The van der Waals surface area contributed by atoms with Crippen LogP contribution in [0.2, 0.25) is 0 Å². The van der Waals surface area contributed by atoms with Crippen LogP contribution >= 0.6 is 0 Å². The van der Waals surface area contributed by atoms with Crippen LogP contribution in [0, 0.1) is 5.82 Å². The van der Waals surface area contributed by atoms with Crippen molar-refractivity contribution < 1.29 is 18.7 Å². The van der Waals surface area contributed by atoms with Gasteiger partial charge in [0.2, 0.25) is 11.8 Å². The van der Waals surface area contributed by atoms with E-state index < -0.39 is 11.4 Å². The number of amides is 2. The Balaban J connectivity index is 1.87. The Labute approximate surface area is 187 Å². The first-order chi connectivity index (χ1) is 15.3. The predicted octanol–water partition coefficient (Wildman–Crippen LogP) is 4.82. The second-order valence-corrected chi connectivity index (χ2v) is 7.98. The lowest BCUT2D eigenvalue weighted by molar-refractivity contribution is -0.144. The molecule has 0 unspecified atom stereocenters. The van der Waals surface area contributed by atoms with E-state index in [2.05, 4.69) is 5.32 Å². The van der Waals surface area contributed by atoms with Gasteiger partial charge in [-0.15, -0.1) is 0 Å². The molecule has 0 saturated carbocycles. The molecule has 0 aromatic heterocycles. The van der Waals surface area contributed by atoms with Crippen molar-refractivity contribution in [2.45, 2.75) is 32.4 Å². The average molecular weight is 435 g/mol. The van der Waals surface area contributed by atoms with Crippen molar-refractivity contribution in [2.24, 2.45) is 0 Å². The highest BCUT2D eigenvalue weighted by Gasteiger charge is 2.38. The summed E-state index contributed by atoms with van der Waals surface area (Å²) in [5.74, 6) is -0.396. The monoisotopic (exact) mass is 434 g/mol. The summed E-state index contributed by atoms with van der Waals surface area (Å²) >= 11 is 0. The molecule has 3 aromatic rings. The van der Waals surface area contributed by atoms with Gasteiger partial charge >= 0.3 is 0 Å². The quantitative estimate of drug-likeness (QED) is 0.553. The molecule has 5 nitrogen and oxygen atoms in total.